The van der Waals surface area contributed by atoms with Gasteiger partial charge in [-0.1, -0.05) is 0 Å². The molecule has 0 amide bonds. The third kappa shape index (κ3) is 6.19. The molecule has 3 rings (SSSR count). The maximum atomic E-state index is 5.11. The fourth-order valence-corrected chi connectivity index (χ4v) is 20.5. The number of rotatable bonds is 13. The molecule has 0 atom stereocenters. The summed E-state index contributed by atoms with van der Waals surface area (Å²) in [6.07, 6.45) is 12.0. The van der Waals surface area contributed by atoms with E-state index in [-0.39, 0.29) is 0 Å². The molecule has 4 nitrogen and oxygen atoms in total. The second-order valence-corrected chi connectivity index (χ2v) is 22.6. The van der Waals surface area contributed by atoms with Crippen LogP contribution in [0.3, 0.4) is 0 Å². The summed E-state index contributed by atoms with van der Waals surface area (Å²) in [5.74, 6) is 0. The van der Waals surface area contributed by atoms with E-state index in [1.165, 1.54) is 60.4 Å². The third-order valence-corrected chi connectivity index (χ3v) is 22.3. The van der Waals surface area contributed by atoms with Gasteiger partial charge in [0.2, 0.25) is 0 Å². The Labute approximate surface area is 196 Å². The first-order valence-corrected chi connectivity index (χ1v) is 20.2. The molecule has 0 radical (unpaired) electrons. The second-order valence-electron chi connectivity index (χ2n) is 8.69. The molecule has 1 N–H and O–H groups in total. The van der Waals surface area contributed by atoms with E-state index in [1.807, 2.05) is 17.9 Å². The number of fused-ring (bicyclic) bond motifs is 1. The predicted molar refractivity (Wildman–Crippen MR) is 139 cm³/mol. The van der Waals surface area contributed by atoms with Crippen LogP contribution in [0.1, 0.15) is 59.3 Å². The van der Waals surface area contributed by atoms with Gasteiger partial charge >= 0.3 is 197 Å². The molecule has 2 aromatic heterocycles. The van der Waals surface area contributed by atoms with Crippen LogP contribution in [-0.4, -0.2) is 33.1 Å². The molecule has 2 heterocycles. The zero-order chi connectivity index (χ0) is 22.1. The Hall–Kier alpha value is -1.21. The van der Waals surface area contributed by atoms with Crippen molar-refractivity contribution in [3.05, 3.63) is 42.7 Å². The van der Waals surface area contributed by atoms with Gasteiger partial charge in [0.1, 0.15) is 0 Å². The van der Waals surface area contributed by atoms with Crippen molar-refractivity contribution in [2.75, 3.05) is 4.72 Å². The minimum absolute atomic E-state index is 1.09. The zero-order valence-corrected chi connectivity index (χ0v) is 23.3. The zero-order valence-electron chi connectivity index (χ0n) is 19.7. The van der Waals surface area contributed by atoms with Crippen LogP contribution in [0.15, 0.2) is 47.6 Å². The van der Waals surface area contributed by atoms with Crippen LogP contribution in [0.4, 0.5) is 5.69 Å². The summed E-state index contributed by atoms with van der Waals surface area (Å²) >= 11 is -0.793. The van der Waals surface area contributed by atoms with Crippen molar-refractivity contribution in [3.8, 4) is 0 Å². The van der Waals surface area contributed by atoms with Crippen LogP contribution in [0.25, 0.3) is 10.9 Å². The summed E-state index contributed by atoms with van der Waals surface area (Å²) in [7, 11) is 1.99. The number of nitrogens with one attached hydrogen (secondary N) is 1. The standard InChI is InChI=1S/C13H11N4S.3C4H9.Sn/c1-17-13-10(8-15-17)4-2-6-12(13)16-18-11-5-3-7-14-9-11;3*1-3-4-2;/h2-6,8-9,16H,1H3;3*1,3-4H2,2H3;. The van der Waals surface area contributed by atoms with Crippen molar-refractivity contribution in [1.29, 1.82) is 0 Å². The number of anilines is 1. The summed E-state index contributed by atoms with van der Waals surface area (Å²) in [6.45, 7) is 6.99. The number of hydrogen-bond acceptors (Lipinski definition) is 4. The van der Waals surface area contributed by atoms with E-state index in [4.69, 9.17) is 4.98 Å². The van der Waals surface area contributed by atoms with E-state index < -0.39 is 18.4 Å². The van der Waals surface area contributed by atoms with Gasteiger partial charge in [0.25, 0.3) is 0 Å². The molecule has 3 aromatic rings. The van der Waals surface area contributed by atoms with Gasteiger partial charge in [-0.3, -0.25) is 0 Å². The maximum absolute atomic E-state index is 5.11. The Morgan fingerprint density at radius 1 is 0.903 bits per heavy atom. The average Bonchev–Trinajstić information content (AvgIpc) is 3.19. The number of aryl methyl sites for hydroxylation is 1. The van der Waals surface area contributed by atoms with Crippen LogP contribution in [0.5, 0.6) is 0 Å². The summed E-state index contributed by atoms with van der Waals surface area (Å²) in [5.41, 5.74) is 2.22. The van der Waals surface area contributed by atoms with E-state index in [2.05, 4.69) is 67.1 Å². The van der Waals surface area contributed by atoms with Crippen molar-refractivity contribution in [2.24, 2.45) is 7.05 Å². The Morgan fingerprint density at radius 3 is 2.16 bits per heavy atom. The van der Waals surface area contributed by atoms with Crippen LogP contribution in [0, 0.1) is 0 Å². The van der Waals surface area contributed by atoms with Crippen molar-refractivity contribution in [2.45, 2.75) is 77.5 Å². The van der Waals surface area contributed by atoms with Gasteiger partial charge in [0.05, 0.1) is 0 Å². The molecule has 0 fully saturated rings. The van der Waals surface area contributed by atoms with Crippen LogP contribution in [-0.2, 0) is 7.05 Å². The molecule has 6 heteroatoms. The first-order chi connectivity index (χ1) is 15.1. The van der Waals surface area contributed by atoms with Gasteiger partial charge in [0.15, 0.2) is 0 Å². The molecular formula is C25H38N4SSn. The number of unbranched alkanes of at least 4 members (excludes halogenated alkanes) is 3. The third-order valence-electron chi connectivity index (χ3n) is 6.35. The molecule has 0 spiro atoms. The van der Waals surface area contributed by atoms with Gasteiger partial charge in [-0.05, 0) is 0 Å². The van der Waals surface area contributed by atoms with Gasteiger partial charge in [-0.15, -0.1) is 0 Å². The van der Waals surface area contributed by atoms with E-state index in [0.29, 0.717) is 0 Å². The summed E-state index contributed by atoms with van der Waals surface area (Å²) in [5, 5.41) is 5.54. The summed E-state index contributed by atoms with van der Waals surface area (Å²) in [4.78, 5) is 6.28. The Kier molecular flexibility index (Phi) is 9.57. The van der Waals surface area contributed by atoms with Crippen LogP contribution < -0.4 is 8.43 Å². The quantitative estimate of drug-likeness (QED) is 0.183. The number of aromatic nitrogens is 3. The van der Waals surface area contributed by atoms with Crippen molar-refractivity contribution in [3.63, 3.8) is 0 Å². The SMILES string of the molecule is CCC[CH2][Sn]([CH2]CCC)([CH2]CCC)[c]1ccc(SNc2cccc3cnn(C)c23)cn1. The Balaban J connectivity index is 1.77. The molecule has 168 valence electrons. The predicted octanol–water partition coefficient (Wildman–Crippen LogP) is 7.14. The van der Waals surface area contributed by atoms with E-state index in [1.54, 1.807) is 11.9 Å². The average molecular weight is 545 g/mol. The Bertz CT molecular complexity index is 917. The van der Waals surface area contributed by atoms with Gasteiger partial charge in [-0.25, -0.2) is 0 Å². The molecule has 0 aliphatic rings. The second kappa shape index (κ2) is 12.1. The Morgan fingerprint density at radius 2 is 1.58 bits per heavy atom. The molecule has 0 saturated carbocycles. The van der Waals surface area contributed by atoms with Crippen molar-refractivity contribution < 1.29 is 0 Å². The van der Waals surface area contributed by atoms with Crippen LogP contribution >= 0.6 is 11.9 Å². The molecule has 0 aliphatic carbocycles. The normalized spacial score (nSPS) is 11.9. The van der Waals surface area contributed by atoms with Gasteiger partial charge in [0, 0.05) is 0 Å². The van der Waals surface area contributed by atoms with Crippen molar-refractivity contribution in [1.82, 2.24) is 14.8 Å². The monoisotopic (exact) mass is 546 g/mol. The molecule has 0 saturated heterocycles. The fraction of sp³-hybridized carbons (Fsp3) is 0.520. The number of nitrogens with zero attached hydrogens (tertiary/aromatic N) is 3. The molecule has 0 aliphatic heterocycles. The molecule has 31 heavy (non-hydrogen) atoms. The van der Waals surface area contributed by atoms with E-state index in [0.717, 1.165) is 16.6 Å². The van der Waals surface area contributed by atoms with Crippen LogP contribution in [0.2, 0.25) is 13.3 Å². The molecule has 0 unspecified atom stereocenters. The topological polar surface area (TPSA) is 42.7 Å². The number of benzene rings is 1. The minimum atomic E-state index is -2.44. The van der Waals surface area contributed by atoms with E-state index in [9.17, 15) is 0 Å². The van der Waals surface area contributed by atoms with Gasteiger partial charge < -0.3 is 0 Å². The van der Waals surface area contributed by atoms with Gasteiger partial charge in [-0.2, -0.15) is 0 Å². The summed E-state index contributed by atoms with van der Waals surface area (Å²) in [6, 6.07) is 11.0. The molecule has 0 bridgehead atoms. The number of hydrogen-bond donors (Lipinski definition) is 1. The number of para-hydroxylation sites is 1. The molecule has 1 aromatic carbocycles. The first kappa shape index (κ1) is 24.4. The molecular weight excluding hydrogens is 507 g/mol. The van der Waals surface area contributed by atoms with E-state index >= 15 is 0 Å². The summed E-state index contributed by atoms with van der Waals surface area (Å²) < 4.78 is 11.3. The van der Waals surface area contributed by atoms with Crippen molar-refractivity contribution >= 4 is 50.6 Å². The first-order valence-electron chi connectivity index (χ1n) is 11.9. The number of pyridine rings is 1. The fourth-order valence-electron chi connectivity index (χ4n) is 4.49.